The smallest absolute Gasteiger partial charge is 0.254 e. The van der Waals surface area contributed by atoms with Crippen LogP contribution in [-0.2, 0) is 10.0 Å². The van der Waals surface area contributed by atoms with Gasteiger partial charge in [0.25, 0.3) is 5.91 Å². The molecule has 0 spiro atoms. The highest BCUT2D eigenvalue weighted by molar-refractivity contribution is 7.89. The Morgan fingerprint density at radius 1 is 1.33 bits per heavy atom. The molecule has 1 aromatic carbocycles. The van der Waals surface area contributed by atoms with E-state index in [0.29, 0.717) is 18.6 Å². The molecule has 0 heterocycles. The molecular formula is C13H16F2N2O3S. The zero-order valence-corrected chi connectivity index (χ0v) is 12.3. The summed E-state index contributed by atoms with van der Waals surface area (Å²) in [6.07, 6.45) is 3.20. The summed E-state index contributed by atoms with van der Waals surface area (Å²) in [5, 5.41) is 7.54. The quantitative estimate of drug-likeness (QED) is 0.885. The van der Waals surface area contributed by atoms with Gasteiger partial charge in [0.15, 0.2) is 0 Å². The van der Waals surface area contributed by atoms with E-state index in [2.05, 4.69) is 5.32 Å². The number of carbonyl (C=O) groups excluding carboxylic acids is 1. The van der Waals surface area contributed by atoms with E-state index in [0.717, 1.165) is 19.3 Å². The number of halogens is 2. The van der Waals surface area contributed by atoms with Crippen LogP contribution in [0, 0.1) is 11.6 Å². The van der Waals surface area contributed by atoms with Crippen molar-refractivity contribution in [1.29, 1.82) is 0 Å². The van der Waals surface area contributed by atoms with Gasteiger partial charge >= 0.3 is 0 Å². The Balaban J connectivity index is 2.37. The minimum atomic E-state index is -4.37. The third kappa shape index (κ3) is 3.06. The minimum Gasteiger partial charge on any atom is -0.347 e. The number of sulfonamides is 1. The van der Waals surface area contributed by atoms with Crippen molar-refractivity contribution < 1.29 is 22.0 Å². The van der Waals surface area contributed by atoms with Crippen molar-refractivity contribution in [1.82, 2.24) is 5.32 Å². The van der Waals surface area contributed by atoms with E-state index in [1.54, 1.807) is 0 Å². The van der Waals surface area contributed by atoms with Gasteiger partial charge in [-0.2, -0.15) is 0 Å². The summed E-state index contributed by atoms with van der Waals surface area (Å²) in [7, 11) is -4.37. The number of hydrogen-bond donors (Lipinski definition) is 2. The number of amides is 1. The average Bonchev–Trinajstić information content (AvgIpc) is 2.31. The van der Waals surface area contributed by atoms with Gasteiger partial charge in [-0.1, -0.05) is 6.92 Å². The number of carbonyl (C=O) groups is 1. The number of rotatable bonds is 4. The molecule has 3 N–H and O–H groups in total. The van der Waals surface area contributed by atoms with Crippen molar-refractivity contribution >= 4 is 15.9 Å². The van der Waals surface area contributed by atoms with Gasteiger partial charge in [-0.05, 0) is 31.7 Å². The van der Waals surface area contributed by atoms with Crippen LogP contribution in [0.15, 0.2) is 17.0 Å². The first kappa shape index (κ1) is 15.8. The molecule has 1 saturated carbocycles. The molecule has 1 aliphatic carbocycles. The van der Waals surface area contributed by atoms with Crippen LogP contribution in [0.25, 0.3) is 0 Å². The largest absolute Gasteiger partial charge is 0.347 e. The van der Waals surface area contributed by atoms with Crippen LogP contribution in [0.4, 0.5) is 8.78 Å². The van der Waals surface area contributed by atoms with E-state index in [4.69, 9.17) is 5.14 Å². The van der Waals surface area contributed by atoms with E-state index in [-0.39, 0.29) is 5.54 Å². The molecule has 0 atom stereocenters. The summed E-state index contributed by atoms with van der Waals surface area (Å²) in [4.78, 5) is 11.2. The Labute approximate surface area is 121 Å². The molecule has 21 heavy (non-hydrogen) atoms. The van der Waals surface area contributed by atoms with Gasteiger partial charge in [0.1, 0.15) is 16.5 Å². The highest BCUT2D eigenvalue weighted by Crippen LogP contribution is 2.35. The fourth-order valence-corrected chi connectivity index (χ4v) is 3.01. The molecule has 0 radical (unpaired) electrons. The predicted octanol–water partition coefficient (Wildman–Crippen LogP) is 1.67. The fraction of sp³-hybridized carbons (Fsp3) is 0.462. The average molecular weight is 318 g/mol. The summed E-state index contributed by atoms with van der Waals surface area (Å²) in [5.41, 5.74) is -0.917. The Kier molecular flexibility index (Phi) is 4.03. The van der Waals surface area contributed by atoms with Gasteiger partial charge in [-0.15, -0.1) is 0 Å². The highest BCUT2D eigenvalue weighted by Gasteiger charge is 2.37. The molecule has 0 aliphatic heterocycles. The van der Waals surface area contributed by atoms with Crippen molar-refractivity contribution in [3.8, 4) is 0 Å². The number of primary sulfonamides is 1. The maximum absolute atomic E-state index is 13.7. The number of hydrogen-bond acceptors (Lipinski definition) is 3. The van der Waals surface area contributed by atoms with Gasteiger partial charge in [-0.25, -0.2) is 22.3 Å². The third-order valence-corrected chi connectivity index (χ3v) is 4.86. The lowest BCUT2D eigenvalue weighted by Crippen LogP contribution is -2.53. The lowest BCUT2D eigenvalue weighted by molar-refractivity contribution is 0.0816. The monoisotopic (exact) mass is 318 g/mol. The SMILES string of the molecule is CCC1(NC(=O)c2cc(S(N)(=O)=O)c(F)cc2F)CCC1. The summed E-state index contributed by atoms with van der Waals surface area (Å²) in [5.74, 6) is -3.21. The first-order valence-corrected chi connectivity index (χ1v) is 8.07. The van der Waals surface area contributed by atoms with Crippen molar-refractivity contribution in [3.63, 3.8) is 0 Å². The van der Waals surface area contributed by atoms with Crippen molar-refractivity contribution in [2.75, 3.05) is 0 Å². The van der Waals surface area contributed by atoms with Gasteiger partial charge in [0.05, 0.1) is 5.56 Å². The molecule has 116 valence electrons. The Hall–Kier alpha value is -1.54. The maximum atomic E-state index is 13.7. The zero-order chi connectivity index (χ0) is 15.8. The van der Waals surface area contributed by atoms with Gasteiger partial charge in [0, 0.05) is 11.6 Å². The topological polar surface area (TPSA) is 89.3 Å². The summed E-state index contributed by atoms with van der Waals surface area (Å²) in [6.45, 7) is 1.90. The highest BCUT2D eigenvalue weighted by atomic mass is 32.2. The molecule has 1 fully saturated rings. The molecule has 8 heteroatoms. The molecule has 5 nitrogen and oxygen atoms in total. The number of nitrogens with one attached hydrogen (secondary N) is 1. The van der Waals surface area contributed by atoms with Crippen LogP contribution >= 0.6 is 0 Å². The van der Waals surface area contributed by atoms with Crippen LogP contribution in [-0.4, -0.2) is 19.9 Å². The summed E-state index contributed by atoms with van der Waals surface area (Å²) < 4.78 is 49.6. The maximum Gasteiger partial charge on any atom is 0.254 e. The van der Waals surface area contributed by atoms with Crippen molar-refractivity contribution in [2.24, 2.45) is 5.14 Å². The second-order valence-electron chi connectivity index (χ2n) is 5.25. The van der Waals surface area contributed by atoms with Gasteiger partial charge in [0.2, 0.25) is 10.0 Å². The number of benzene rings is 1. The van der Waals surface area contributed by atoms with E-state index < -0.39 is 38.0 Å². The molecule has 1 aliphatic rings. The Morgan fingerprint density at radius 2 is 1.95 bits per heavy atom. The first-order chi connectivity index (χ1) is 9.68. The summed E-state index contributed by atoms with van der Waals surface area (Å²) >= 11 is 0. The Morgan fingerprint density at radius 3 is 2.38 bits per heavy atom. The van der Waals surface area contributed by atoms with E-state index in [1.165, 1.54) is 0 Å². The van der Waals surface area contributed by atoms with Crippen LogP contribution in [0.5, 0.6) is 0 Å². The summed E-state index contributed by atoms with van der Waals surface area (Å²) in [6, 6.07) is 0.991. The molecule has 1 amide bonds. The standard InChI is InChI=1S/C13H16F2N2O3S/c1-2-13(4-3-5-13)17-12(18)8-6-11(21(16,19)20)10(15)7-9(8)14/h6-7H,2-5H2,1H3,(H,17,18)(H2,16,19,20). The molecular weight excluding hydrogens is 302 g/mol. The van der Waals surface area contributed by atoms with Crippen molar-refractivity contribution in [2.45, 2.75) is 43.0 Å². The minimum absolute atomic E-state index is 0.355. The molecule has 0 bridgehead atoms. The number of nitrogens with two attached hydrogens (primary N) is 1. The van der Waals surface area contributed by atoms with Gasteiger partial charge < -0.3 is 5.32 Å². The van der Waals surface area contributed by atoms with Crippen LogP contribution < -0.4 is 10.5 Å². The zero-order valence-electron chi connectivity index (χ0n) is 11.4. The van der Waals surface area contributed by atoms with E-state index in [9.17, 15) is 22.0 Å². The second-order valence-corrected chi connectivity index (χ2v) is 6.78. The lowest BCUT2D eigenvalue weighted by atomic mass is 9.74. The first-order valence-electron chi connectivity index (χ1n) is 6.53. The van der Waals surface area contributed by atoms with Crippen LogP contribution in [0.3, 0.4) is 0 Å². The predicted molar refractivity (Wildman–Crippen MR) is 72.1 cm³/mol. The molecule has 1 aromatic rings. The fourth-order valence-electron chi connectivity index (χ4n) is 2.40. The van der Waals surface area contributed by atoms with Crippen LogP contribution in [0.1, 0.15) is 43.0 Å². The second kappa shape index (κ2) is 5.34. The lowest BCUT2D eigenvalue weighted by Gasteiger charge is -2.42. The third-order valence-electron chi connectivity index (χ3n) is 3.94. The van der Waals surface area contributed by atoms with E-state index in [1.807, 2.05) is 6.92 Å². The molecule has 2 rings (SSSR count). The van der Waals surface area contributed by atoms with Crippen LogP contribution in [0.2, 0.25) is 0 Å². The van der Waals surface area contributed by atoms with Gasteiger partial charge in [-0.3, -0.25) is 4.79 Å². The normalized spacial score (nSPS) is 17.1. The molecule has 0 unspecified atom stereocenters. The Bertz CT molecular complexity index is 679. The van der Waals surface area contributed by atoms with Crippen molar-refractivity contribution in [3.05, 3.63) is 29.3 Å². The molecule has 0 saturated heterocycles. The van der Waals surface area contributed by atoms with E-state index >= 15 is 0 Å². The molecule has 0 aromatic heterocycles.